The third-order valence-electron chi connectivity index (χ3n) is 8.45. The monoisotopic (exact) mass is 667 g/mol. The number of likely N-dealkylation sites (tertiary alicyclic amines) is 1. The van der Waals surface area contributed by atoms with Gasteiger partial charge in [-0.25, -0.2) is 9.48 Å². The van der Waals surface area contributed by atoms with Gasteiger partial charge in [0.2, 0.25) is 17.7 Å². The quantitative estimate of drug-likeness (QED) is 0.275. The summed E-state index contributed by atoms with van der Waals surface area (Å²) in [5, 5.41) is 19.3. The lowest BCUT2D eigenvalue weighted by Gasteiger charge is -2.40. The van der Waals surface area contributed by atoms with E-state index in [1.165, 1.54) is 25.4 Å². The molecule has 1 aromatic heterocycles. The van der Waals surface area contributed by atoms with Crippen molar-refractivity contribution in [2.24, 2.45) is 0 Å². The lowest BCUT2D eigenvalue weighted by molar-refractivity contribution is -0.152. The van der Waals surface area contributed by atoms with Gasteiger partial charge in [0.1, 0.15) is 12.1 Å². The van der Waals surface area contributed by atoms with Crippen molar-refractivity contribution in [1.82, 2.24) is 35.1 Å². The summed E-state index contributed by atoms with van der Waals surface area (Å²) in [6.07, 6.45) is 0.398. The van der Waals surface area contributed by atoms with Crippen molar-refractivity contribution in [2.45, 2.75) is 70.2 Å². The van der Waals surface area contributed by atoms with Crippen LogP contribution in [0.1, 0.15) is 56.4 Å². The zero-order valence-electron chi connectivity index (χ0n) is 27.0. The Morgan fingerprint density at radius 2 is 1.65 bits per heavy atom. The SMILES string of the molecule is CCOC(=O)N1CCN(C(=O)[C@H](CCC(=O)O)NC(=O)c2cc(OC(C)C(=O)N3CC[C@H]3C(=O)NC3CC3)n(-c3ccccc3)n2)CC1. The fraction of sp³-hybridized carbons (Fsp3) is 0.531. The highest BCUT2D eigenvalue weighted by molar-refractivity contribution is 5.97. The first-order chi connectivity index (χ1) is 23.0. The Balaban J connectivity index is 1.29. The summed E-state index contributed by atoms with van der Waals surface area (Å²) in [5.74, 6) is -2.85. The van der Waals surface area contributed by atoms with Gasteiger partial charge in [0.25, 0.3) is 11.8 Å². The van der Waals surface area contributed by atoms with Gasteiger partial charge in [0, 0.05) is 51.3 Å². The first kappa shape index (κ1) is 34.2. The molecule has 0 radical (unpaired) electrons. The van der Waals surface area contributed by atoms with E-state index in [1.807, 2.05) is 0 Å². The second-order valence-electron chi connectivity index (χ2n) is 12.0. The molecule has 2 aliphatic heterocycles. The number of para-hydroxylation sites is 1. The number of nitrogens with one attached hydrogen (secondary N) is 2. The number of hydrogen-bond acceptors (Lipinski definition) is 9. The van der Waals surface area contributed by atoms with Crippen LogP contribution in [0.15, 0.2) is 36.4 Å². The van der Waals surface area contributed by atoms with Crippen molar-refractivity contribution in [3.63, 3.8) is 0 Å². The van der Waals surface area contributed by atoms with E-state index in [1.54, 1.807) is 44.2 Å². The molecule has 1 unspecified atom stereocenters. The predicted octanol–water partition coefficient (Wildman–Crippen LogP) is 0.783. The summed E-state index contributed by atoms with van der Waals surface area (Å²) < 4.78 is 12.4. The van der Waals surface area contributed by atoms with E-state index in [0.717, 1.165) is 12.8 Å². The number of ether oxygens (including phenoxy) is 2. The maximum atomic E-state index is 13.5. The van der Waals surface area contributed by atoms with E-state index in [4.69, 9.17) is 9.47 Å². The number of benzene rings is 1. The minimum Gasteiger partial charge on any atom is -0.481 e. The molecular formula is C32H41N7O9. The molecule has 16 nitrogen and oxygen atoms in total. The van der Waals surface area contributed by atoms with Gasteiger partial charge in [-0.1, -0.05) is 18.2 Å². The predicted molar refractivity (Wildman–Crippen MR) is 168 cm³/mol. The van der Waals surface area contributed by atoms with Crippen molar-refractivity contribution in [1.29, 1.82) is 0 Å². The Labute approximate surface area is 277 Å². The second-order valence-corrected chi connectivity index (χ2v) is 12.0. The van der Waals surface area contributed by atoms with E-state index >= 15 is 0 Å². The number of carboxylic acid groups (broad SMARTS) is 1. The Morgan fingerprint density at radius 1 is 0.958 bits per heavy atom. The summed E-state index contributed by atoms with van der Waals surface area (Å²) in [4.78, 5) is 80.8. The number of aromatic nitrogens is 2. The van der Waals surface area contributed by atoms with Crippen LogP contribution >= 0.6 is 0 Å². The largest absolute Gasteiger partial charge is 0.481 e. The van der Waals surface area contributed by atoms with Gasteiger partial charge in [-0.15, -0.1) is 0 Å². The molecule has 1 aliphatic carbocycles. The lowest BCUT2D eigenvalue weighted by Crippen LogP contribution is -2.61. The molecule has 3 aliphatic rings. The molecule has 0 spiro atoms. The zero-order valence-corrected chi connectivity index (χ0v) is 27.0. The number of rotatable bonds is 13. The number of nitrogens with zero attached hydrogens (tertiary/aromatic N) is 5. The number of carbonyl (C=O) groups is 6. The third-order valence-corrected chi connectivity index (χ3v) is 8.45. The van der Waals surface area contributed by atoms with Crippen LogP contribution < -0.4 is 15.4 Å². The molecule has 16 heteroatoms. The first-order valence-corrected chi connectivity index (χ1v) is 16.2. The van der Waals surface area contributed by atoms with E-state index in [2.05, 4.69) is 15.7 Å². The standard InChI is InChI=1S/C32H41N7O9/c1-3-47-32(46)37-17-15-36(16-18-37)31(45)23(11-12-27(40)41)34-28(42)24-19-26(39(35-24)22-7-5-4-6-8-22)48-20(2)30(44)38-14-13-25(38)29(43)33-21-9-10-21/h4-8,19-21,23,25H,3,9-18H2,1-2H3,(H,33,43)(H,34,42)(H,40,41)/t20?,23-,25-/m0/s1. The topological polar surface area (TPSA) is 193 Å². The molecule has 3 N–H and O–H groups in total. The first-order valence-electron chi connectivity index (χ1n) is 16.2. The number of hydrogen-bond donors (Lipinski definition) is 3. The second kappa shape index (κ2) is 15.2. The highest BCUT2D eigenvalue weighted by Gasteiger charge is 2.41. The Hall–Kier alpha value is -5.15. The highest BCUT2D eigenvalue weighted by Crippen LogP contribution is 2.26. The average Bonchev–Trinajstić information content (AvgIpc) is 3.77. The van der Waals surface area contributed by atoms with Crippen LogP contribution in [-0.4, -0.2) is 129 Å². The van der Waals surface area contributed by atoms with Gasteiger partial charge in [-0.05, 0) is 51.7 Å². The van der Waals surface area contributed by atoms with Crippen LogP contribution in [0.2, 0.25) is 0 Å². The van der Waals surface area contributed by atoms with E-state index in [0.29, 0.717) is 18.7 Å². The summed E-state index contributed by atoms with van der Waals surface area (Å²) in [6.45, 7) is 4.73. The van der Waals surface area contributed by atoms with Crippen molar-refractivity contribution >= 4 is 35.7 Å². The molecule has 258 valence electrons. The van der Waals surface area contributed by atoms with E-state index < -0.39 is 42.1 Å². The minimum absolute atomic E-state index is 0.0789. The average molecular weight is 668 g/mol. The van der Waals surface area contributed by atoms with Crippen molar-refractivity contribution in [2.75, 3.05) is 39.3 Å². The molecule has 5 rings (SSSR count). The van der Waals surface area contributed by atoms with Gasteiger partial charge < -0.3 is 39.9 Å². The minimum atomic E-state index is -1.18. The number of carboxylic acids is 1. The van der Waals surface area contributed by atoms with E-state index in [9.17, 15) is 33.9 Å². The van der Waals surface area contributed by atoms with Gasteiger partial charge in [0.05, 0.1) is 12.3 Å². The molecule has 0 bridgehead atoms. The van der Waals surface area contributed by atoms with Gasteiger partial charge in [-0.3, -0.25) is 24.0 Å². The molecule has 2 aromatic rings. The van der Waals surface area contributed by atoms with E-state index in [-0.39, 0.29) is 75.1 Å². The number of carbonyl (C=O) groups excluding carboxylic acids is 5. The third kappa shape index (κ3) is 8.22. The maximum absolute atomic E-state index is 13.5. The Kier molecular flexibility index (Phi) is 10.8. The number of aliphatic carboxylic acids is 1. The van der Waals surface area contributed by atoms with Crippen LogP contribution in [0.4, 0.5) is 4.79 Å². The summed E-state index contributed by atoms with van der Waals surface area (Å²) in [5.41, 5.74) is 0.411. The molecule has 48 heavy (non-hydrogen) atoms. The van der Waals surface area contributed by atoms with Gasteiger partial charge in [0.15, 0.2) is 11.8 Å². The molecule has 5 amide bonds. The summed E-state index contributed by atoms with van der Waals surface area (Å²) >= 11 is 0. The van der Waals surface area contributed by atoms with Crippen LogP contribution in [0, 0.1) is 0 Å². The Bertz CT molecular complexity index is 1520. The number of piperazine rings is 1. The Morgan fingerprint density at radius 3 is 2.25 bits per heavy atom. The maximum Gasteiger partial charge on any atom is 0.409 e. The smallest absolute Gasteiger partial charge is 0.409 e. The van der Waals surface area contributed by atoms with Gasteiger partial charge in [-0.2, -0.15) is 5.10 Å². The fourth-order valence-corrected chi connectivity index (χ4v) is 5.53. The normalized spacial score (nSPS) is 18.6. The van der Waals surface area contributed by atoms with Crippen molar-refractivity contribution in [3.05, 3.63) is 42.1 Å². The van der Waals surface area contributed by atoms with Crippen LogP contribution in [-0.2, 0) is 23.9 Å². The highest BCUT2D eigenvalue weighted by atomic mass is 16.6. The molecule has 1 saturated carbocycles. The van der Waals surface area contributed by atoms with Gasteiger partial charge >= 0.3 is 12.1 Å². The van der Waals surface area contributed by atoms with Crippen molar-refractivity contribution in [3.8, 4) is 11.6 Å². The van der Waals surface area contributed by atoms with Crippen LogP contribution in [0.5, 0.6) is 5.88 Å². The summed E-state index contributed by atoms with van der Waals surface area (Å²) in [6, 6.07) is 8.58. The molecule has 3 heterocycles. The molecule has 1 aromatic carbocycles. The summed E-state index contributed by atoms with van der Waals surface area (Å²) in [7, 11) is 0. The van der Waals surface area contributed by atoms with Crippen molar-refractivity contribution < 1.29 is 43.3 Å². The van der Waals surface area contributed by atoms with Crippen LogP contribution in [0.3, 0.4) is 0 Å². The number of amides is 5. The zero-order chi connectivity index (χ0) is 34.4. The van der Waals surface area contributed by atoms with Crippen LogP contribution in [0.25, 0.3) is 5.69 Å². The molecular weight excluding hydrogens is 626 g/mol. The molecule has 2 saturated heterocycles. The molecule has 3 atom stereocenters. The lowest BCUT2D eigenvalue weighted by atomic mass is 10.0. The fourth-order valence-electron chi connectivity index (χ4n) is 5.53. The molecule has 3 fully saturated rings.